The number of aromatic amines is 1. The van der Waals surface area contributed by atoms with Crippen molar-refractivity contribution in [3.8, 4) is 22.6 Å². The summed E-state index contributed by atoms with van der Waals surface area (Å²) in [5.74, 6) is 0.657. The van der Waals surface area contributed by atoms with Gasteiger partial charge in [0.05, 0.1) is 11.0 Å². The van der Waals surface area contributed by atoms with Crippen molar-refractivity contribution in [1.82, 2.24) is 9.97 Å². The molecule has 2 heterocycles. The molecule has 0 aliphatic heterocycles. The lowest BCUT2D eigenvalue weighted by atomic mass is 9.81. The third-order valence-corrected chi connectivity index (χ3v) is 6.82. The minimum atomic E-state index is -0.0514. The third-order valence-electron chi connectivity index (χ3n) is 6.82. The Labute approximate surface area is 179 Å². The Kier molecular flexibility index (Phi) is 3.07. The summed E-state index contributed by atoms with van der Waals surface area (Å²) in [7, 11) is 0. The first kappa shape index (κ1) is 16.9. The van der Waals surface area contributed by atoms with Gasteiger partial charge in [-0.2, -0.15) is 0 Å². The van der Waals surface area contributed by atoms with E-state index in [1.165, 1.54) is 38.5 Å². The number of fused-ring (bicyclic) bond motifs is 8. The molecule has 0 saturated carbocycles. The Morgan fingerprint density at radius 1 is 0.806 bits per heavy atom. The van der Waals surface area contributed by atoms with Crippen molar-refractivity contribution in [2.24, 2.45) is 0 Å². The summed E-state index contributed by atoms with van der Waals surface area (Å²) in [6.45, 7) is 4.64. The molecule has 0 amide bonds. The summed E-state index contributed by atoms with van der Waals surface area (Å²) in [4.78, 5) is 8.49. The van der Waals surface area contributed by atoms with Crippen LogP contribution in [0.5, 0.6) is 0 Å². The van der Waals surface area contributed by atoms with Gasteiger partial charge in [0.15, 0.2) is 5.58 Å². The standard InChI is InChI=1S/C28H20N2O/c1-28(2)21-11-7-6-10-17(21)18-12-13-19-20-14-23-24(15-22(20)29-26(19)25(18)28)31-27(30-23)16-8-4-3-5-9-16/h3-15,29H,1-2H3. The second-order valence-corrected chi connectivity index (χ2v) is 8.96. The molecule has 1 aliphatic rings. The predicted molar refractivity (Wildman–Crippen MR) is 126 cm³/mol. The SMILES string of the molecule is CC1(C)c2ccccc2-c2ccc3c([nH]c4cc5oc(-c6ccccc6)nc5cc43)c21. The topological polar surface area (TPSA) is 41.8 Å². The minimum absolute atomic E-state index is 0.0514. The molecule has 1 aliphatic carbocycles. The van der Waals surface area contributed by atoms with Crippen molar-refractivity contribution in [3.05, 3.63) is 90.0 Å². The van der Waals surface area contributed by atoms with E-state index in [1.807, 2.05) is 30.3 Å². The molecule has 2 aromatic heterocycles. The van der Waals surface area contributed by atoms with Crippen LogP contribution < -0.4 is 0 Å². The van der Waals surface area contributed by atoms with E-state index in [0.29, 0.717) is 5.89 Å². The maximum absolute atomic E-state index is 6.11. The van der Waals surface area contributed by atoms with Gasteiger partial charge >= 0.3 is 0 Å². The van der Waals surface area contributed by atoms with E-state index in [2.05, 4.69) is 67.4 Å². The summed E-state index contributed by atoms with van der Waals surface area (Å²) in [6, 6.07) is 27.6. The maximum atomic E-state index is 6.11. The molecule has 0 atom stereocenters. The fourth-order valence-electron chi connectivity index (χ4n) is 5.37. The zero-order valence-corrected chi connectivity index (χ0v) is 17.4. The number of aromatic nitrogens is 2. The highest BCUT2D eigenvalue weighted by atomic mass is 16.3. The van der Waals surface area contributed by atoms with Crippen LogP contribution >= 0.6 is 0 Å². The summed E-state index contributed by atoms with van der Waals surface area (Å²) in [5, 5.41) is 2.42. The Bertz CT molecular complexity index is 1650. The molecule has 0 saturated heterocycles. The van der Waals surface area contributed by atoms with E-state index in [9.17, 15) is 0 Å². The quantitative estimate of drug-likeness (QED) is 0.312. The average molecular weight is 400 g/mol. The highest BCUT2D eigenvalue weighted by Crippen LogP contribution is 2.51. The second-order valence-electron chi connectivity index (χ2n) is 8.96. The van der Waals surface area contributed by atoms with Crippen molar-refractivity contribution < 1.29 is 4.42 Å². The molecule has 6 aromatic rings. The van der Waals surface area contributed by atoms with E-state index >= 15 is 0 Å². The Hall–Kier alpha value is -3.85. The van der Waals surface area contributed by atoms with Gasteiger partial charge in [0.25, 0.3) is 0 Å². The van der Waals surface area contributed by atoms with Gasteiger partial charge in [0, 0.05) is 27.8 Å². The molecular formula is C28H20N2O. The zero-order chi connectivity index (χ0) is 20.7. The molecule has 0 fully saturated rings. The number of H-pyrrole nitrogens is 1. The highest BCUT2D eigenvalue weighted by molar-refractivity contribution is 6.13. The van der Waals surface area contributed by atoms with Crippen LogP contribution in [0.2, 0.25) is 0 Å². The van der Waals surface area contributed by atoms with E-state index < -0.39 is 0 Å². The molecule has 0 radical (unpaired) electrons. The van der Waals surface area contributed by atoms with Crippen LogP contribution in [-0.2, 0) is 5.41 Å². The molecule has 1 N–H and O–H groups in total. The van der Waals surface area contributed by atoms with E-state index in [0.717, 1.165) is 22.2 Å². The molecule has 0 spiro atoms. The van der Waals surface area contributed by atoms with Crippen LogP contribution in [0.1, 0.15) is 25.0 Å². The average Bonchev–Trinajstić information content (AvgIpc) is 3.43. The molecular weight excluding hydrogens is 380 g/mol. The van der Waals surface area contributed by atoms with Gasteiger partial charge in [0.2, 0.25) is 5.89 Å². The fourth-order valence-corrected chi connectivity index (χ4v) is 5.37. The highest BCUT2D eigenvalue weighted by Gasteiger charge is 2.37. The molecule has 7 rings (SSSR count). The van der Waals surface area contributed by atoms with E-state index in [-0.39, 0.29) is 5.41 Å². The van der Waals surface area contributed by atoms with Crippen LogP contribution in [0.4, 0.5) is 0 Å². The van der Waals surface area contributed by atoms with Gasteiger partial charge < -0.3 is 9.40 Å². The van der Waals surface area contributed by atoms with Gasteiger partial charge in [-0.05, 0) is 40.5 Å². The van der Waals surface area contributed by atoms with Crippen molar-refractivity contribution >= 4 is 32.9 Å². The molecule has 3 nitrogen and oxygen atoms in total. The van der Waals surface area contributed by atoms with Gasteiger partial charge in [0.1, 0.15) is 5.52 Å². The number of benzene rings is 4. The van der Waals surface area contributed by atoms with Crippen molar-refractivity contribution in [2.45, 2.75) is 19.3 Å². The van der Waals surface area contributed by atoms with Crippen LogP contribution in [-0.4, -0.2) is 9.97 Å². The van der Waals surface area contributed by atoms with Gasteiger partial charge in [-0.15, -0.1) is 0 Å². The van der Waals surface area contributed by atoms with Gasteiger partial charge in [-0.3, -0.25) is 0 Å². The molecule has 148 valence electrons. The second kappa shape index (κ2) is 5.64. The monoisotopic (exact) mass is 400 g/mol. The first-order valence-corrected chi connectivity index (χ1v) is 10.7. The van der Waals surface area contributed by atoms with Crippen LogP contribution in [0, 0.1) is 0 Å². The first-order valence-electron chi connectivity index (χ1n) is 10.7. The lowest BCUT2D eigenvalue weighted by Gasteiger charge is -2.22. The van der Waals surface area contributed by atoms with Gasteiger partial charge in [-0.1, -0.05) is 68.4 Å². The van der Waals surface area contributed by atoms with Crippen LogP contribution in [0.15, 0.2) is 83.3 Å². The zero-order valence-electron chi connectivity index (χ0n) is 17.4. The number of nitrogens with zero attached hydrogens (tertiary/aromatic N) is 1. The Morgan fingerprint density at radius 3 is 2.48 bits per heavy atom. The number of rotatable bonds is 1. The fraction of sp³-hybridized carbons (Fsp3) is 0.107. The summed E-state index contributed by atoms with van der Waals surface area (Å²) < 4.78 is 6.11. The molecule has 0 unspecified atom stereocenters. The Morgan fingerprint density at radius 2 is 1.61 bits per heavy atom. The van der Waals surface area contributed by atoms with Crippen molar-refractivity contribution in [2.75, 3.05) is 0 Å². The number of hydrogen-bond donors (Lipinski definition) is 1. The summed E-state index contributed by atoms with van der Waals surface area (Å²) in [6.07, 6.45) is 0. The largest absolute Gasteiger partial charge is 0.436 e. The van der Waals surface area contributed by atoms with Crippen LogP contribution in [0.25, 0.3) is 55.5 Å². The van der Waals surface area contributed by atoms with Crippen molar-refractivity contribution in [1.29, 1.82) is 0 Å². The van der Waals surface area contributed by atoms with Crippen molar-refractivity contribution in [3.63, 3.8) is 0 Å². The first-order chi connectivity index (χ1) is 15.1. The lowest BCUT2D eigenvalue weighted by Crippen LogP contribution is -2.15. The normalized spacial score (nSPS) is 14.4. The molecule has 3 heteroatoms. The Balaban J connectivity index is 1.50. The molecule has 4 aromatic carbocycles. The smallest absolute Gasteiger partial charge is 0.227 e. The molecule has 0 bridgehead atoms. The summed E-state index contributed by atoms with van der Waals surface area (Å²) >= 11 is 0. The van der Waals surface area contributed by atoms with E-state index in [1.54, 1.807) is 0 Å². The van der Waals surface area contributed by atoms with Crippen LogP contribution in [0.3, 0.4) is 0 Å². The van der Waals surface area contributed by atoms with E-state index in [4.69, 9.17) is 9.40 Å². The number of oxazole rings is 1. The van der Waals surface area contributed by atoms with Gasteiger partial charge in [-0.25, -0.2) is 4.98 Å². The minimum Gasteiger partial charge on any atom is -0.436 e. The molecule has 31 heavy (non-hydrogen) atoms. The predicted octanol–water partition coefficient (Wildman–Crippen LogP) is 7.44. The third kappa shape index (κ3) is 2.15. The number of hydrogen-bond acceptors (Lipinski definition) is 2. The number of nitrogens with one attached hydrogen (secondary N) is 1. The summed E-state index contributed by atoms with van der Waals surface area (Å²) in [5.41, 5.74) is 10.3. The maximum Gasteiger partial charge on any atom is 0.227 e. The lowest BCUT2D eigenvalue weighted by molar-refractivity contribution is 0.620.